The molecule has 2 heterocycles. The van der Waals surface area contributed by atoms with Gasteiger partial charge in [0.2, 0.25) is 11.9 Å². The molecular formula is C19H21ClN4O. The normalized spacial score (nSPS) is 19.5. The molecule has 1 aromatic carbocycles. The molecule has 5 nitrogen and oxygen atoms in total. The van der Waals surface area contributed by atoms with Crippen LogP contribution in [-0.2, 0) is 10.2 Å². The molecule has 1 N–H and O–H groups in total. The van der Waals surface area contributed by atoms with Crippen LogP contribution in [0.5, 0.6) is 0 Å². The number of halogens is 1. The van der Waals surface area contributed by atoms with Crippen LogP contribution >= 0.6 is 11.6 Å². The van der Waals surface area contributed by atoms with Gasteiger partial charge >= 0.3 is 0 Å². The molecule has 2 aromatic rings. The molecule has 1 aliphatic heterocycles. The third-order valence-corrected chi connectivity index (χ3v) is 5.58. The molecule has 130 valence electrons. The van der Waals surface area contributed by atoms with Gasteiger partial charge in [-0.15, -0.1) is 0 Å². The lowest BCUT2D eigenvalue weighted by Crippen LogP contribution is -2.61. The molecular weight excluding hydrogens is 336 g/mol. The number of carbonyl (C=O) groups is 1. The van der Waals surface area contributed by atoms with Gasteiger partial charge < -0.3 is 10.2 Å². The average molecular weight is 357 g/mol. The topological polar surface area (TPSA) is 58.1 Å². The molecule has 1 amide bonds. The summed E-state index contributed by atoms with van der Waals surface area (Å²) in [6.07, 6.45) is 7.47. The van der Waals surface area contributed by atoms with Crippen LogP contribution in [0.3, 0.4) is 0 Å². The number of hydrogen-bond donors (Lipinski definition) is 1. The van der Waals surface area contributed by atoms with Gasteiger partial charge in [-0.2, -0.15) is 0 Å². The number of likely N-dealkylation sites (tertiary alicyclic amines) is 1. The number of rotatable bonds is 4. The summed E-state index contributed by atoms with van der Waals surface area (Å²) < 4.78 is 0. The number of anilines is 1. The van der Waals surface area contributed by atoms with E-state index >= 15 is 0 Å². The molecule has 0 bridgehead atoms. The van der Waals surface area contributed by atoms with E-state index in [-0.39, 0.29) is 17.4 Å². The maximum Gasteiger partial charge on any atom is 0.233 e. The van der Waals surface area contributed by atoms with Crippen LogP contribution in [-0.4, -0.2) is 39.9 Å². The molecule has 0 unspecified atom stereocenters. The molecule has 1 aliphatic carbocycles. The van der Waals surface area contributed by atoms with E-state index in [1.807, 2.05) is 29.2 Å². The van der Waals surface area contributed by atoms with Crippen molar-refractivity contribution in [2.75, 3.05) is 18.4 Å². The molecule has 25 heavy (non-hydrogen) atoms. The van der Waals surface area contributed by atoms with Crippen molar-refractivity contribution in [1.82, 2.24) is 14.9 Å². The van der Waals surface area contributed by atoms with E-state index in [0.29, 0.717) is 24.1 Å². The predicted molar refractivity (Wildman–Crippen MR) is 97.6 cm³/mol. The monoisotopic (exact) mass is 356 g/mol. The summed E-state index contributed by atoms with van der Waals surface area (Å²) in [4.78, 5) is 23.6. The Kier molecular flexibility index (Phi) is 4.34. The molecule has 1 aromatic heterocycles. The van der Waals surface area contributed by atoms with Crippen molar-refractivity contribution in [3.63, 3.8) is 0 Å². The summed E-state index contributed by atoms with van der Waals surface area (Å²) in [7, 11) is 0. The van der Waals surface area contributed by atoms with E-state index < -0.39 is 0 Å². The highest BCUT2D eigenvalue weighted by atomic mass is 35.5. The fourth-order valence-corrected chi connectivity index (χ4v) is 4.09. The van der Waals surface area contributed by atoms with Crippen molar-refractivity contribution in [3.05, 3.63) is 53.3 Å². The largest absolute Gasteiger partial charge is 0.348 e. The quantitative estimate of drug-likeness (QED) is 0.913. The van der Waals surface area contributed by atoms with Gasteiger partial charge in [-0.1, -0.05) is 36.6 Å². The minimum atomic E-state index is -0.376. The Morgan fingerprint density at radius 2 is 1.76 bits per heavy atom. The van der Waals surface area contributed by atoms with Gasteiger partial charge in [-0.3, -0.25) is 4.79 Å². The van der Waals surface area contributed by atoms with E-state index in [1.165, 1.54) is 0 Å². The van der Waals surface area contributed by atoms with Gasteiger partial charge in [-0.05, 0) is 36.6 Å². The fourth-order valence-electron chi connectivity index (χ4n) is 3.97. The first kappa shape index (κ1) is 16.3. The van der Waals surface area contributed by atoms with Crippen molar-refractivity contribution >= 4 is 23.5 Å². The number of hydrogen-bond acceptors (Lipinski definition) is 4. The second-order valence-corrected chi connectivity index (χ2v) is 7.36. The molecule has 2 fully saturated rings. The van der Waals surface area contributed by atoms with Crippen molar-refractivity contribution in [1.29, 1.82) is 0 Å². The minimum Gasteiger partial charge on any atom is -0.348 e. The lowest BCUT2D eigenvalue weighted by Gasteiger charge is -2.44. The molecule has 4 rings (SSSR count). The number of nitrogens with one attached hydrogen (secondary N) is 1. The third-order valence-electron chi connectivity index (χ3n) is 5.33. The number of carbonyl (C=O) groups excluding carboxylic acids is 1. The van der Waals surface area contributed by atoms with Gasteiger partial charge in [0.25, 0.3) is 0 Å². The second-order valence-electron chi connectivity index (χ2n) is 6.92. The first-order chi connectivity index (χ1) is 12.2. The van der Waals surface area contributed by atoms with Crippen molar-refractivity contribution < 1.29 is 4.79 Å². The molecule has 1 saturated carbocycles. The Morgan fingerprint density at radius 1 is 1.12 bits per heavy atom. The van der Waals surface area contributed by atoms with Crippen LogP contribution in [0.4, 0.5) is 5.95 Å². The third kappa shape index (κ3) is 3.09. The fraction of sp³-hybridized carbons (Fsp3) is 0.421. The highest BCUT2D eigenvalue weighted by molar-refractivity contribution is 6.30. The van der Waals surface area contributed by atoms with Crippen LogP contribution in [0.15, 0.2) is 42.7 Å². The van der Waals surface area contributed by atoms with Gasteiger partial charge in [0.05, 0.1) is 11.5 Å². The van der Waals surface area contributed by atoms with Gasteiger partial charge in [0, 0.05) is 30.5 Å². The minimum absolute atomic E-state index is 0.218. The predicted octanol–water partition coefficient (Wildman–Crippen LogP) is 3.26. The number of nitrogens with zero attached hydrogens (tertiary/aromatic N) is 3. The van der Waals surface area contributed by atoms with Crippen molar-refractivity contribution in [3.8, 4) is 0 Å². The average Bonchev–Trinajstić information content (AvgIpc) is 3.10. The molecule has 0 radical (unpaired) electrons. The summed E-state index contributed by atoms with van der Waals surface area (Å²) in [5, 5.41) is 3.99. The van der Waals surface area contributed by atoms with E-state index in [0.717, 1.165) is 31.2 Å². The standard InChI is InChI=1S/C19H21ClN4O/c20-15-6-4-14(5-7-15)19(8-1-2-9-19)17(25)24-12-16(13-24)23-18-21-10-3-11-22-18/h3-7,10-11,16H,1-2,8-9,12-13H2,(H,21,22,23). The number of benzene rings is 1. The molecule has 2 aliphatic rings. The first-order valence-corrected chi connectivity index (χ1v) is 9.14. The second kappa shape index (κ2) is 6.64. The summed E-state index contributed by atoms with van der Waals surface area (Å²) in [6.45, 7) is 1.40. The Balaban J connectivity index is 1.45. The first-order valence-electron chi connectivity index (χ1n) is 8.76. The lowest BCUT2D eigenvalue weighted by molar-refractivity contribution is -0.141. The molecule has 0 atom stereocenters. The van der Waals surface area contributed by atoms with Gasteiger partial charge in [-0.25, -0.2) is 9.97 Å². The summed E-state index contributed by atoms with van der Waals surface area (Å²) in [5.41, 5.74) is 0.723. The summed E-state index contributed by atoms with van der Waals surface area (Å²) in [6, 6.07) is 9.81. The maximum atomic E-state index is 13.3. The van der Waals surface area contributed by atoms with Crippen LogP contribution in [0, 0.1) is 0 Å². The molecule has 0 spiro atoms. The van der Waals surface area contributed by atoms with Crippen molar-refractivity contribution in [2.45, 2.75) is 37.1 Å². The van der Waals surface area contributed by atoms with Crippen molar-refractivity contribution in [2.24, 2.45) is 0 Å². The zero-order valence-corrected chi connectivity index (χ0v) is 14.7. The Bertz CT molecular complexity index is 738. The molecule has 1 saturated heterocycles. The van der Waals surface area contributed by atoms with Crippen LogP contribution in [0.25, 0.3) is 0 Å². The van der Waals surface area contributed by atoms with Gasteiger partial charge in [0.15, 0.2) is 0 Å². The van der Waals surface area contributed by atoms with Crippen LogP contribution in [0.1, 0.15) is 31.2 Å². The number of aromatic nitrogens is 2. The Morgan fingerprint density at radius 3 is 2.40 bits per heavy atom. The summed E-state index contributed by atoms with van der Waals surface area (Å²) in [5.74, 6) is 0.868. The van der Waals surface area contributed by atoms with Crippen LogP contribution < -0.4 is 5.32 Å². The van der Waals surface area contributed by atoms with Gasteiger partial charge in [0.1, 0.15) is 0 Å². The maximum absolute atomic E-state index is 13.3. The highest BCUT2D eigenvalue weighted by Crippen LogP contribution is 2.43. The van der Waals surface area contributed by atoms with E-state index in [1.54, 1.807) is 18.5 Å². The lowest BCUT2D eigenvalue weighted by atomic mass is 9.77. The molecule has 6 heteroatoms. The van der Waals surface area contributed by atoms with E-state index in [9.17, 15) is 4.79 Å². The smallest absolute Gasteiger partial charge is 0.233 e. The van der Waals surface area contributed by atoms with Crippen LogP contribution in [0.2, 0.25) is 5.02 Å². The Hall–Kier alpha value is -2.14. The Labute approximate surface area is 152 Å². The zero-order chi connectivity index (χ0) is 17.3. The van der Waals surface area contributed by atoms with E-state index in [2.05, 4.69) is 15.3 Å². The SMILES string of the molecule is O=C(N1CC(Nc2ncccn2)C1)C1(c2ccc(Cl)cc2)CCCC1. The highest BCUT2D eigenvalue weighted by Gasteiger charge is 2.47. The summed E-state index contributed by atoms with van der Waals surface area (Å²) >= 11 is 6.03. The number of amides is 1. The zero-order valence-electron chi connectivity index (χ0n) is 14.0. The van der Waals surface area contributed by atoms with E-state index in [4.69, 9.17) is 11.6 Å².